The maximum Gasteiger partial charge on any atom is 0.349 e. The summed E-state index contributed by atoms with van der Waals surface area (Å²) in [5.41, 5.74) is 0.392. The zero-order valence-electron chi connectivity index (χ0n) is 8.97. The summed E-state index contributed by atoms with van der Waals surface area (Å²) in [6.07, 6.45) is -1.27. The molecule has 0 saturated heterocycles. The molecule has 0 bridgehead atoms. The Morgan fingerprint density at radius 2 is 1.81 bits per heavy atom. The Balaban J connectivity index is 2.92. The van der Waals surface area contributed by atoms with E-state index in [1.165, 1.54) is 14.0 Å². The normalized spacial score (nSPS) is 11.6. The SMILES string of the molecule is COc1ccc([C@H](OC(C)=O)C(=O)O)cc1. The summed E-state index contributed by atoms with van der Waals surface area (Å²) in [4.78, 5) is 21.6. The van der Waals surface area contributed by atoms with Crippen molar-refractivity contribution in [2.24, 2.45) is 0 Å². The van der Waals surface area contributed by atoms with Crippen LogP contribution in [-0.4, -0.2) is 24.2 Å². The number of carbonyl (C=O) groups excluding carboxylic acids is 1. The highest BCUT2D eigenvalue weighted by atomic mass is 16.6. The van der Waals surface area contributed by atoms with E-state index in [0.717, 1.165) is 0 Å². The van der Waals surface area contributed by atoms with Crippen LogP contribution in [0.4, 0.5) is 0 Å². The van der Waals surface area contributed by atoms with Crippen LogP contribution in [0.15, 0.2) is 24.3 Å². The first-order chi connectivity index (χ1) is 7.54. The molecule has 0 aliphatic heterocycles. The molecule has 1 atom stereocenters. The van der Waals surface area contributed by atoms with Gasteiger partial charge in [0.2, 0.25) is 6.10 Å². The summed E-state index contributed by atoms with van der Waals surface area (Å²) < 4.78 is 9.63. The van der Waals surface area contributed by atoms with Gasteiger partial charge >= 0.3 is 11.9 Å². The minimum absolute atomic E-state index is 0.392. The van der Waals surface area contributed by atoms with Crippen LogP contribution in [0.2, 0.25) is 0 Å². The molecule has 0 amide bonds. The molecule has 1 aromatic rings. The van der Waals surface area contributed by atoms with E-state index in [2.05, 4.69) is 0 Å². The quantitative estimate of drug-likeness (QED) is 0.782. The molecule has 0 aliphatic rings. The average Bonchev–Trinajstić information content (AvgIpc) is 2.25. The lowest BCUT2D eigenvalue weighted by Crippen LogP contribution is -2.17. The van der Waals surface area contributed by atoms with E-state index in [4.69, 9.17) is 14.6 Å². The van der Waals surface area contributed by atoms with Crippen molar-refractivity contribution in [2.45, 2.75) is 13.0 Å². The van der Waals surface area contributed by atoms with Crippen LogP contribution in [0.1, 0.15) is 18.6 Å². The Kier molecular flexibility index (Phi) is 3.88. The maximum atomic E-state index is 10.9. The van der Waals surface area contributed by atoms with Gasteiger partial charge in [-0.05, 0) is 12.1 Å². The van der Waals surface area contributed by atoms with Gasteiger partial charge in [-0.25, -0.2) is 4.79 Å². The summed E-state index contributed by atoms with van der Waals surface area (Å²) in [7, 11) is 1.51. The van der Waals surface area contributed by atoms with Crippen molar-refractivity contribution in [2.75, 3.05) is 7.11 Å². The van der Waals surface area contributed by atoms with E-state index < -0.39 is 18.0 Å². The highest BCUT2D eigenvalue weighted by molar-refractivity contribution is 5.78. The fraction of sp³-hybridized carbons (Fsp3) is 0.273. The molecule has 0 fully saturated rings. The molecule has 0 unspecified atom stereocenters. The molecular formula is C11H12O5. The number of esters is 1. The third kappa shape index (κ3) is 2.98. The Bertz CT molecular complexity index is 382. The Hall–Kier alpha value is -2.04. The van der Waals surface area contributed by atoms with Crippen LogP contribution in [0, 0.1) is 0 Å². The molecule has 1 N–H and O–H groups in total. The van der Waals surface area contributed by atoms with Crippen molar-refractivity contribution >= 4 is 11.9 Å². The van der Waals surface area contributed by atoms with Gasteiger partial charge in [0, 0.05) is 12.5 Å². The first-order valence-corrected chi connectivity index (χ1v) is 4.58. The van der Waals surface area contributed by atoms with E-state index in [1.807, 2.05) is 0 Å². The molecule has 1 rings (SSSR count). The topological polar surface area (TPSA) is 72.8 Å². The molecule has 0 radical (unpaired) electrons. The lowest BCUT2D eigenvalue weighted by molar-refractivity contribution is -0.163. The highest BCUT2D eigenvalue weighted by Gasteiger charge is 2.22. The zero-order valence-corrected chi connectivity index (χ0v) is 8.97. The number of hydrogen-bond donors (Lipinski definition) is 1. The second-order valence-corrected chi connectivity index (χ2v) is 3.10. The fourth-order valence-corrected chi connectivity index (χ4v) is 1.21. The first kappa shape index (κ1) is 12.0. The smallest absolute Gasteiger partial charge is 0.349 e. The number of ether oxygens (including phenoxy) is 2. The van der Waals surface area contributed by atoms with Gasteiger partial charge in [0.05, 0.1) is 7.11 Å². The predicted octanol–water partition coefficient (Wildman–Crippen LogP) is 1.38. The van der Waals surface area contributed by atoms with Crippen LogP contribution >= 0.6 is 0 Å². The molecule has 0 aromatic heterocycles. The number of methoxy groups -OCH3 is 1. The standard InChI is InChI=1S/C11H12O5/c1-7(12)16-10(11(13)14)8-3-5-9(15-2)6-4-8/h3-6,10H,1-2H3,(H,13,14)/t10-/m0/s1. The average molecular weight is 224 g/mol. The van der Waals surface area contributed by atoms with E-state index in [9.17, 15) is 9.59 Å². The summed E-state index contributed by atoms with van der Waals surface area (Å²) >= 11 is 0. The van der Waals surface area contributed by atoms with E-state index >= 15 is 0 Å². The number of rotatable bonds is 4. The summed E-state index contributed by atoms with van der Waals surface area (Å²) in [6, 6.07) is 6.30. The third-order valence-electron chi connectivity index (χ3n) is 1.93. The van der Waals surface area contributed by atoms with Crippen molar-refractivity contribution in [1.29, 1.82) is 0 Å². The molecule has 86 valence electrons. The molecular weight excluding hydrogens is 212 g/mol. The molecule has 0 heterocycles. The predicted molar refractivity (Wildman–Crippen MR) is 55.1 cm³/mol. The van der Waals surface area contributed by atoms with E-state index in [1.54, 1.807) is 24.3 Å². The summed E-state index contributed by atoms with van der Waals surface area (Å²) in [5, 5.41) is 8.89. The van der Waals surface area contributed by atoms with Crippen LogP contribution in [0.5, 0.6) is 5.75 Å². The molecule has 5 heteroatoms. The van der Waals surface area contributed by atoms with Gasteiger partial charge in [-0.15, -0.1) is 0 Å². The van der Waals surface area contributed by atoms with Gasteiger partial charge in [-0.1, -0.05) is 12.1 Å². The molecule has 1 aromatic carbocycles. The number of hydrogen-bond acceptors (Lipinski definition) is 4. The highest BCUT2D eigenvalue weighted by Crippen LogP contribution is 2.21. The number of carboxylic acids is 1. The van der Waals surface area contributed by atoms with E-state index in [0.29, 0.717) is 11.3 Å². The zero-order chi connectivity index (χ0) is 12.1. The minimum atomic E-state index is -1.27. The summed E-state index contributed by atoms with van der Waals surface area (Å²) in [5.74, 6) is -1.24. The Morgan fingerprint density at radius 1 is 1.25 bits per heavy atom. The molecule has 16 heavy (non-hydrogen) atoms. The van der Waals surface area contributed by atoms with Crippen LogP contribution in [0.25, 0.3) is 0 Å². The van der Waals surface area contributed by atoms with E-state index in [-0.39, 0.29) is 0 Å². The third-order valence-corrected chi connectivity index (χ3v) is 1.93. The number of carboxylic acid groups (broad SMARTS) is 1. The van der Waals surface area contributed by atoms with Gasteiger partial charge in [-0.3, -0.25) is 4.79 Å². The fourth-order valence-electron chi connectivity index (χ4n) is 1.21. The number of carbonyl (C=O) groups is 2. The Morgan fingerprint density at radius 3 is 2.19 bits per heavy atom. The van der Waals surface area contributed by atoms with Gasteiger partial charge in [0.25, 0.3) is 0 Å². The van der Waals surface area contributed by atoms with Crippen molar-refractivity contribution in [3.8, 4) is 5.75 Å². The molecule has 5 nitrogen and oxygen atoms in total. The molecule has 0 aliphatic carbocycles. The van der Waals surface area contributed by atoms with Crippen LogP contribution < -0.4 is 4.74 Å². The number of aliphatic carboxylic acids is 1. The lowest BCUT2D eigenvalue weighted by atomic mass is 10.1. The minimum Gasteiger partial charge on any atom is -0.497 e. The van der Waals surface area contributed by atoms with Crippen LogP contribution in [-0.2, 0) is 14.3 Å². The van der Waals surface area contributed by atoms with Gasteiger partial charge in [-0.2, -0.15) is 0 Å². The van der Waals surface area contributed by atoms with Crippen molar-refractivity contribution < 1.29 is 24.2 Å². The Labute approximate surface area is 92.6 Å². The van der Waals surface area contributed by atoms with Crippen molar-refractivity contribution in [3.63, 3.8) is 0 Å². The molecule has 0 saturated carbocycles. The summed E-state index contributed by atoms with van der Waals surface area (Å²) in [6.45, 7) is 1.17. The monoisotopic (exact) mass is 224 g/mol. The largest absolute Gasteiger partial charge is 0.497 e. The number of benzene rings is 1. The van der Waals surface area contributed by atoms with Gasteiger partial charge in [0.1, 0.15) is 5.75 Å². The van der Waals surface area contributed by atoms with Crippen molar-refractivity contribution in [1.82, 2.24) is 0 Å². The van der Waals surface area contributed by atoms with Crippen molar-refractivity contribution in [3.05, 3.63) is 29.8 Å². The second-order valence-electron chi connectivity index (χ2n) is 3.10. The maximum absolute atomic E-state index is 10.9. The lowest BCUT2D eigenvalue weighted by Gasteiger charge is -2.12. The van der Waals surface area contributed by atoms with Crippen LogP contribution in [0.3, 0.4) is 0 Å². The second kappa shape index (κ2) is 5.16. The molecule has 0 spiro atoms. The van der Waals surface area contributed by atoms with Gasteiger partial charge in [0.15, 0.2) is 0 Å². The first-order valence-electron chi connectivity index (χ1n) is 4.58. The van der Waals surface area contributed by atoms with Gasteiger partial charge < -0.3 is 14.6 Å².